The number of hydrogen-bond acceptors (Lipinski definition) is 6. The molecule has 0 bridgehead atoms. The zero-order valence-corrected chi connectivity index (χ0v) is 20.5. The molecule has 1 saturated carbocycles. The number of carboxylic acid groups (broad SMARTS) is 2. The normalized spacial score (nSPS) is 19.9. The molecule has 33 heavy (non-hydrogen) atoms. The van der Waals surface area contributed by atoms with Crippen molar-refractivity contribution in [1.82, 2.24) is 0 Å². The van der Waals surface area contributed by atoms with Crippen LogP contribution < -0.4 is 10.0 Å². The third-order valence-electron chi connectivity index (χ3n) is 6.70. The van der Waals surface area contributed by atoms with Crippen molar-refractivity contribution < 1.29 is 29.8 Å². The van der Waals surface area contributed by atoms with Crippen LogP contribution in [0.2, 0.25) is 0 Å². The number of aliphatic carboxylic acids is 2. The quantitative estimate of drug-likeness (QED) is 0.539. The number of thiophene rings is 2. The highest BCUT2D eigenvalue weighted by atomic mass is 32.1. The monoisotopic (exact) mass is 491 g/mol. The van der Waals surface area contributed by atoms with Crippen LogP contribution in [0.1, 0.15) is 62.5 Å². The van der Waals surface area contributed by atoms with Gasteiger partial charge in [0.15, 0.2) is 5.97 Å². The summed E-state index contributed by atoms with van der Waals surface area (Å²) in [6.07, 6.45) is 9.80. The molecule has 2 aromatic heterocycles. The highest BCUT2D eigenvalue weighted by Gasteiger charge is 2.25. The first kappa shape index (κ1) is 25.6. The number of aliphatic hydroxyl groups excluding tert-OH is 1. The molecule has 3 heterocycles. The van der Waals surface area contributed by atoms with Crippen molar-refractivity contribution in [3.05, 3.63) is 50.4 Å². The second-order valence-corrected chi connectivity index (χ2v) is 10.4. The number of quaternary nitrogens is 1. The topological polar surface area (TPSA) is 102 Å². The van der Waals surface area contributed by atoms with Crippen LogP contribution >= 0.6 is 22.7 Å². The average molecular weight is 492 g/mol. The molecule has 2 aromatic rings. The van der Waals surface area contributed by atoms with Gasteiger partial charge in [0.2, 0.25) is 0 Å². The molecule has 0 aromatic carbocycles. The van der Waals surface area contributed by atoms with Crippen LogP contribution in [-0.2, 0) is 9.59 Å². The number of piperidine rings is 1. The number of hydrogen-bond donors (Lipinski definition) is 3. The van der Waals surface area contributed by atoms with E-state index in [9.17, 15) is 5.11 Å². The van der Waals surface area contributed by atoms with Gasteiger partial charge in [-0.25, -0.2) is 4.79 Å². The van der Waals surface area contributed by atoms with Gasteiger partial charge >= 0.3 is 5.97 Å². The number of carboxylic acids is 2. The van der Waals surface area contributed by atoms with E-state index < -0.39 is 11.9 Å². The van der Waals surface area contributed by atoms with Gasteiger partial charge in [0.05, 0.1) is 25.7 Å². The molecule has 6 nitrogen and oxygen atoms in total. The lowest BCUT2D eigenvalue weighted by atomic mass is 9.84. The van der Waals surface area contributed by atoms with Crippen LogP contribution in [-0.4, -0.2) is 47.9 Å². The van der Waals surface area contributed by atoms with Gasteiger partial charge in [-0.1, -0.05) is 24.8 Å². The van der Waals surface area contributed by atoms with E-state index in [4.69, 9.17) is 19.8 Å². The van der Waals surface area contributed by atoms with E-state index >= 15 is 0 Å². The molecule has 0 radical (unpaired) electrons. The number of nitrogens with one attached hydrogen (secondary N) is 1. The summed E-state index contributed by atoms with van der Waals surface area (Å²) in [5.41, 5.74) is 5.90. The molecule has 1 saturated heterocycles. The summed E-state index contributed by atoms with van der Waals surface area (Å²) in [7, 11) is 0. The molecule has 1 atom stereocenters. The van der Waals surface area contributed by atoms with Crippen molar-refractivity contribution in [2.24, 2.45) is 5.92 Å². The lowest BCUT2D eigenvalue weighted by Crippen LogP contribution is -3.13. The van der Waals surface area contributed by atoms with E-state index in [-0.39, 0.29) is 6.10 Å². The third-order valence-corrected chi connectivity index (χ3v) is 8.06. The molecule has 2 aliphatic rings. The van der Waals surface area contributed by atoms with Gasteiger partial charge in [0.25, 0.3) is 0 Å². The Labute approximate surface area is 203 Å². The van der Waals surface area contributed by atoms with Crippen LogP contribution in [0.25, 0.3) is 5.57 Å². The lowest BCUT2D eigenvalue weighted by molar-refractivity contribution is -0.903. The molecule has 0 spiro atoms. The molecule has 4 rings (SSSR count). The first-order valence-electron chi connectivity index (χ1n) is 11.7. The minimum Gasteiger partial charge on any atom is -0.539 e. The molecule has 3 N–H and O–H groups in total. The van der Waals surface area contributed by atoms with E-state index in [0.717, 1.165) is 13.0 Å². The van der Waals surface area contributed by atoms with Gasteiger partial charge in [-0.15, -0.1) is 0 Å². The Bertz CT molecular complexity index is 843. The molecule has 0 amide bonds. The van der Waals surface area contributed by atoms with Gasteiger partial charge in [0, 0.05) is 19.3 Å². The van der Waals surface area contributed by atoms with Crippen molar-refractivity contribution in [2.75, 3.05) is 19.6 Å². The number of carbonyl (C=O) groups excluding carboxylic acids is 1. The molecule has 1 aliphatic carbocycles. The Kier molecular flexibility index (Phi) is 10.1. The van der Waals surface area contributed by atoms with Crippen LogP contribution in [0, 0.1) is 5.92 Å². The summed E-state index contributed by atoms with van der Waals surface area (Å²) in [6.45, 7) is 3.56. The number of carbonyl (C=O) groups is 2. The van der Waals surface area contributed by atoms with Crippen molar-refractivity contribution in [3.63, 3.8) is 0 Å². The minimum atomic E-state index is -2.07. The van der Waals surface area contributed by atoms with Crippen molar-refractivity contribution in [1.29, 1.82) is 0 Å². The second kappa shape index (κ2) is 13.0. The maximum Gasteiger partial charge on any atom is 0.351 e. The van der Waals surface area contributed by atoms with Gasteiger partial charge in [0.1, 0.15) is 0 Å². The summed E-state index contributed by atoms with van der Waals surface area (Å²) in [6, 6.07) is 4.54. The van der Waals surface area contributed by atoms with E-state index in [1.54, 1.807) is 33.1 Å². The zero-order valence-electron chi connectivity index (χ0n) is 18.8. The molecular weight excluding hydrogens is 458 g/mol. The highest BCUT2D eigenvalue weighted by molar-refractivity contribution is 7.08. The molecule has 8 heteroatoms. The van der Waals surface area contributed by atoms with Gasteiger partial charge < -0.3 is 25.0 Å². The molecule has 1 aliphatic heterocycles. The SMILES string of the molecule is O=C([O-])C(=O)O.OC(CC[NH+]1CCC(=C(c2ccsc2)c2ccsc2)CC1)C1CCCCC1. The van der Waals surface area contributed by atoms with Crippen molar-refractivity contribution >= 4 is 40.2 Å². The van der Waals surface area contributed by atoms with Crippen LogP contribution in [0.4, 0.5) is 0 Å². The minimum absolute atomic E-state index is 0.0677. The molecule has 180 valence electrons. The first-order valence-corrected chi connectivity index (χ1v) is 13.6. The van der Waals surface area contributed by atoms with Crippen molar-refractivity contribution in [2.45, 2.75) is 57.5 Å². The fourth-order valence-corrected chi connectivity index (χ4v) is 6.19. The summed E-state index contributed by atoms with van der Waals surface area (Å²) >= 11 is 3.58. The largest absolute Gasteiger partial charge is 0.539 e. The number of likely N-dealkylation sites (tertiary alicyclic amines) is 1. The first-order chi connectivity index (χ1) is 16.0. The maximum atomic E-state index is 10.6. The van der Waals surface area contributed by atoms with E-state index in [1.165, 1.54) is 74.7 Å². The van der Waals surface area contributed by atoms with E-state index in [1.807, 2.05) is 0 Å². The van der Waals surface area contributed by atoms with E-state index in [2.05, 4.69) is 33.7 Å². The predicted octanol–water partition coefficient (Wildman–Crippen LogP) is 2.44. The maximum absolute atomic E-state index is 10.6. The summed E-state index contributed by atoms with van der Waals surface area (Å²) < 4.78 is 0. The fourth-order valence-electron chi connectivity index (χ4n) is 4.90. The Morgan fingerprint density at radius 1 is 1.03 bits per heavy atom. The van der Waals surface area contributed by atoms with Gasteiger partial charge in [-0.05, 0) is 69.1 Å². The molecule has 1 unspecified atom stereocenters. The number of rotatable bonds is 6. The smallest absolute Gasteiger partial charge is 0.351 e. The lowest BCUT2D eigenvalue weighted by Gasteiger charge is -2.30. The van der Waals surface area contributed by atoms with Gasteiger partial charge in [-0.2, -0.15) is 22.7 Å². The summed E-state index contributed by atoms with van der Waals surface area (Å²) in [4.78, 5) is 19.7. The Morgan fingerprint density at radius 2 is 1.58 bits per heavy atom. The van der Waals surface area contributed by atoms with Crippen LogP contribution in [0.3, 0.4) is 0 Å². The van der Waals surface area contributed by atoms with Crippen LogP contribution in [0.5, 0.6) is 0 Å². The standard InChI is InChI=1S/C23H31NOS2.C2H2O4/c25-22(18-4-2-1-3-5-18)8-13-24-11-6-19(7-12-24)23(20-9-14-26-16-20)21-10-15-27-17-21;3-1(4)2(5)6/h9-10,14-18,22,25H,1-8,11-13H2;(H,3,4)(H,5,6). The molecular formula is C25H33NO5S2. The van der Waals surface area contributed by atoms with E-state index in [0.29, 0.717) is 5.92 Å². The highest BCUT2D eigenvalue weighted by Crippen LogP contribution is 2.33. The predicted molar refractivity (Wildman–Crippen MR) is 129 cm³/mol. The second-order valence-electron chi connectivity index (χ2n) is 8.85. The Morgan fingerprint density at radius 3 is 2.03 bits per heavy atom. The fraction of sp³-hybridized carbons (Fsp3) is 0.520. The van der Waals surface area contributed by atoms with Crippen LogP contribution in [0.15, 0.2) is 39.2 Å². The third kappa shape index (κ3) is 7.78. The summed E-state index contributed by atoms with van der Waals surface area (Å²) in [5, 5.41) is 35.9. The average Bonchev–Trinajstić information content (AvgIpc) is 3.55. The number of aliphatic hydroxyl groups is 1. The summed E-state index contributed by atoms with van der Waals surface area (Å²) in [5.74, 6) is -3.44. The molecule has 2 fully saturated rings. The van der Waals surface area contributed by atoms with Crippen molar-refractivity contribution in [3.8, 4) is 0 Å². The Hall–Kier alpha value is -2.00. The Balaban J connectivity index is 0.000000454. The van der Waals surface area contributed by atoms with Gasteiger partial charge in [-0.3, -0.25) is 0 Å². The zero-order chi connectivity index (χ0) is 23.6.